The number of carboxylic acids is 1. The second-order valence-electron chi connectivity index (χ2n) is 7.42. The number of hydrogen-bond acceptors (Lipinski definition) is 4. The standard InChI is InChI=1S/C25H27N3O3S/c1-18(28-14-13-26-17-28)22(20-6-4-3-5-7-20)16-19-8-10-21(11-9-19)24(29)27-23(25(30)31)12-15-32-2/h3-11,13-14,16-18,23H,12,15H2,1-2H3,(H,27,29)(H,30,31)/b22-16-/t18?,23-/m0/s1. The van der Waals surface area contributed by atoms with Crippen molar-refractivity contribution in [3.05, 3.63) is 90.0 Å². The lowest BCUT2D eigenvalue weighted by Gasteiger charge is -2.18. The van der Waals surface area contributed by atoms with E-state index in [1.54, 1.807) is 36.4 Å². The van der Waals surface area contributed by atoms with Crippen molar-refractivity contribution in [2.75, 3.05) is 12.0 Å². The Bertz CT molecular complexity index is 1050. The summed E-state index contributed by atoms with van der Waals surface area (Å²) >= 11 is 1.55. The smallest absolute Gasteiger partial charge is 0.326 e. The van der Waals surface area contributed by atoms with Gasteiger partial charge in [0.2, 0.25) is 0 Å². The summed E-state index contributed by atoms with van der Waals surface area (Å²) in [7, 11) is 0. The van der Waals surface area contributed by atoms with Crippen LogP contribution in [-0.4, -0.2) is 44.6 Å². The van der Waals surface area contributed by atoms with Gasteiger partial charge in [-0.1, -0.05) is 42.5 Å². The van der Waals surface area contributed by atoms with E-state index >= 15 is 0 Å². The lowest BCUT2D eigenvalue weighted by Crippen LogP contribution is -2.41. The molecule has 0 aliphatic rings. The number of benzene rings is 2. The molecule has 1 amide bonds. The first kappa shape index (κ1) is 23.3. The summed E-state index contributed by atoms with van der Waals surface area (Å²) in [5.74, 6) is -0.740. The van der Waals surface area contributed by atoms with E-state index in [9.17, 15) is 14.7 Å². The molecule has 3 rings (SSSR count). The van der Waals surface area contributed by atoms with E-state index < -0.39 is 12.0 Å². The minimum atomic E-state index is -1.02. The molecule has 1 heterocycles. The van der Waals surface area contributed by atoms with E-state index in [0.29, 0.717) is 17.7 Å². The number of thioether (sulfide) groups is 1. The van der Waals surface area contributed by atoms with Crippen LogP contribution in [-0.2, 0) is 4.79 Å². The molecular formula is C25H27N3O3S. The van der Waals surface area contributed by atoms with Crippen LogP contribution < -0.4 is 5.32 Å². The molecule has 32 heavy (non-hydrogen) atoms. The fraction of sp³-hybridized carbons (Fsp3) is 0.240. The number of carbonyl (C=O) groups is 2. The molecule has 0 saturated carbocycles. The summed E-state index contributed by atoms with van der Waals surface area (Å²) in [5, 5.41) is 12.0. The van der Waals surface area contributed by atoms with Gasteiger partial charge >= 0.3 is 5.97 Å². The summed E-state index contributed by atoms with van der Waals surface area (Å²) in [4.78, 5) is 28.1. The Hall–Kier alpha value is -3.32. The maximum absolute atomic E-state index is 12.5. The lowest BCUT2D eigenvalue weighted by atomic mass is 9.96. The van der Waals surface area contributed by atoms with Crippen molar-refractivity contribution < 1.29 is 14.7 Å². The molecule has 0 fully saturated rings. The number of aromatic nitrogens is 2. The topological polar surface area (TPSA) is 84.2 Å². The van der Waals surface area contributed by atoms with Gasteiger partial charge in [-0.15, -0.1) is 0 Å². The Morgan fingerprint density at radius 1 is 1.12 bits per heavy atom. The van der Waals surface area contributed by atoms with E-state index in [1.807, 2.05) is 47.4 Å². The predicted molar refractivity (Wildman–Crippen MR) is 130 cm³/mol. The van der Waals surface area contributed by atoms with Gasteiger partial charge in [0, 0.05) is 18.0 Å². The van der Waals surface area contributed by atoms with E-state index in [0.717, 1.165) is 16.7 Å². The van der Waals surface area contributed by atoms with E-state index in [2.05, 4.69) is 35.4 Å². The number of imidazole rings is 1. The third kappa shape index (κ3) is 6.11. The largest absolute Gasteiger partial charge is 0.480 e. The second-order valence-corrected chi connectivity index (χ2v) is 8.40. The van der Waals surface area contributed by atoms with Gasteiger partial charge < -0.3 is 15.0 Å². The number of carbonyl (C=O) groups excluding carboxylic acids is 1. The maximum atomic E-state index is 12.5. The van der Waals surface area contributed by atoms with Crippen molar-refractivity contribution in [3.63, 3.8) is 0 Å². The number of aliphatic carboxylic acids is 1. The molecule has 0 saturated heterocycles. The first-order chi connectivity index (χ1) is 15.5. The fourth-order valence-electron chi connectivity index (χ4n) is 3.38. The Kier molecular flexibility index (Phi) is 8.27. The Morgan fingerprint density at radius 2 is 1.84 bits per heavy atom. The minimum Gasteiger partial charge on any atom is -0.480 e. The quantitative estimate of drug-likeness (QED) is 0.441. The van der Waals surface area contributed by atoms with Gasteiger partial charge in [0.15, 0.2) is 0 Å². The summed E-state index contributed by atoms with van der Waals surface area (Å²) in [6, 6.07) is 16.5. The number of allylic oxidation sites excluding steroid dienone is 1. The molecule has 6 nitrogen and oxygen atoms in total. The third-order valence-corrected chi connectivity index (χ3v) is 5.88. The average molecular weight is 450 g/mol. The molecule has 0 bridgehead atoms. The second kappa shape index (κ2) is 11.3. The van der Waals surface area contributed by atoms with E-state index in [4.69, 9.17) is 0 Å². The fourth-order valence-corrected chi connectivity index (χ4v) is 3.85. The number of carboxylic acid groups (broad SMARTS) is 1. The highest BCUT2D eigenvalue weighted by atomic mass is 32.2. The van der Waals surface area contributed by atoms with E-state index in [-0.39, 0.29) is 11.9 Å². The number of rotatable bonds is 10. The van der Waals surface area contributed by atoms with Gasteiger partial charge in [-0.25, -0.2) is 9.78 Å². The molecule has 1 unspecified atom stereocenters. The Labute approximate surface area is 192 Å². The van der Waals surface area contributed by atoms with Crippen molar-refractivity contribution in [3.8, 4) is 0 Å². The van der Waals surface area contributed by atoms with Crippen molar-refractivity contribution in [2.24, 2.45) is 0 Å². The van der Waals surface area contributed by atoms with Crippen molar-refractivity contribution >= 4 is 35.3 Å². The van der Waals surface area contributed by atoms with Gasteiger partial charge in [-0.3, -0.25) is 4.79 Å². The first-order valence-electron chi connectivity index (χ1n) is 10.4. The van der Waals surface area contributed by atoms with Crippen LogP contribution in [0.4, 0.5) is 0 Å². The van der Waals surface area contributed by atoms with Crippen molar-refractivity contribution in [1.29, 1.82) is 0 Å². The number of nitrogens with zero attached hydrogens (tertiary/aromatic N) is 2. The molecule has 7 heteroatoms. The van der Waals surface area contributed by atoms with Crippen molar-refractivity contribution in [2.45, 2.75) is 25.4 Å². The Morgan fingerprint density at radius 3 is 2.44 bits per heavy atom. The molecule has 2 N–H and O–H groups in total. The normalized spacial score (nSPS) is 13.4. The SMILES string of the molecule is CSCC[C@H](NC(=O)c1ccc(/C=C(\c2ccccc2)C(C)n2ccnc2)cc1)C(=O)O. The first-order valence-corrected chi connectivity index (χ1v) is 11.8. The number of amides is 1. The highest BCUT2D eigenvalue weighted by molar-refractivity contribution is 7.98. The molecule has 2 atom stereocenters. The van der Waals surface area contributed by atoms with Crippen LogP contribution in [0.3, 0.4) is 0 Å². The number of hydrogen-bond donors (Lipinski definition) is 2. The molecule has 166 valence electrons. The van der Waals surface area contributed by atoms with E-state index in [1.165, 1.54) is 0 Å². The molecule has 0 radical (unpaired) electrons. The summed E-state index contributed by atoms with van der Waals surface area (Å²) < 4.78 is 2.04. The van der Waals surface area contributed by atoms with Crippen LogP contribution in [0.5, 0.6) is 0 Å². The summed E-state index contributed by atoms with van der Waals surface area (Å²) in [6.07, 6.45) is 9.88. The summed E-state index contributed by atoms with van der Waals surface area (Å²) in [5.41, 5.74) is 3.60. The molecular weight excluding hydrogens is 422 g/mol. The molecule has 0 aliphatic carbocycles. The molecule has 3 aromatic rings. The van der Waals surface area contributed by atoms with Crippen LogP contribution in [0, 0.1) is 0 Å². The molecule has 1 aromatic heterocycles. The van der Waals surface area contributed by atoms with Gasteiger partial charge in [-0.2, -0.15) is 11.8 Å². The zero-order valence-electron chi connectivity index (χ0n) is 18.1. The highest BCUT2D eigenvalue weighted by Crippen LogP contribution is 2.29. The van der Waals surface area contributed by atoms with Crippen LogP contribution in [0.2, 0.25) is 0 Å². The van der Waals surface area contributed by atoms with Gasteiger partial charge in [0.25, 0.3) is 5.91 Å². The third-order valence-electron chi connectivity index (χ3n) is 5.24. The maximum Gasteiger partial charge on any atom is 0.326 e. The van der Waals surface area contributed by atoms with Crippen LogP contribution in [0.25, 0.3) is 11.6 Å². The monoisotopic (exact) mass is 449 g/mol. The van der Waals surface area contributed by atoms with Crippen LogP contribution >= 0.6 is 11.8 Å². The Balaban J connectivity index is 1.82. The zero-order chi connectivity index (χ0) is 22.9. The average Bonchev–Trinajstić information content (AvgIpc) is 3.35. The van der Waals surface area contributed by atoms with Crippen molar-refractivity contribution in [1.82, 2.24) is 14.9 Å². The predicted octanol–water partition coefficient (Wildman–Crippen LogP) is 4.62. The van der Waals surface area contributed by atoms with Gasteiger partial charge in [0.05, 0.1) is 12.4 Å². The van der Waals surface area contributed by atoms with Gasteiger partial charge in [0.1, 0.15) is 6.04 Å². The summed E-state index contributed by atoms with van der Waals surface area (Å²) in [6.45, 7) is 2.11. The zero-order valence-corrected chi connectivity index (χ0v) is 19.0. The number of nitrogens with one attached hydrogen (secondary N) is 1. The van der Waals surface area contributed by atoms with Crippen LogP contribution in [0.1, 0.15) is 40.9 Å². The molecule has 2 aromatic carbocycles. The lowest BCUT2D eigenvalue weighted by molar-refractivity contribution is -0.139. The highest BCUT2D eigenvalue weighted by Gasteiger charge is 2.20. The molecule has 0 spiro atoms. The van der Waals surface area contributed by atoms with Crippen LogP contribution in [0.15, 0.2) is 73.3 Å². The van der Waals surface area contributed by atoms with Gasteiger partial charge in [-0.05, 0) is 60.3 Å². The minimum absolute atomic E-state index is 0.0654. The molecule has 0 aliphatic heterocycles.